The van der Waals surface area contributed by atoms with E-state index in [1.165, 1.54) is 12.0 Å². The van der Waals surface area contributed by atoms with Crippen LogP contribution in [-0.2, 0) is 26.2 Å². The Morgan fingerprint density at radius 3 is 2.41 bits per heavy atom. The molecule has 0 radical (unpaired) electrons. The highest BCUT2D eigenvalue weighted by Crippen LogP contribution is 2.24. The number of sulfonamides is 1. The lowest BCUT2D eigenvalue weighted by Crippen LogP contribution is -2.51. The van der Waals surface area contributed by atoms with Gasteiger partial charge in [0.25, 0.3) is 0 Å². The first-order valence-corrected chi connectivity index (χ1v) is 12.2. The van der Waals surface area contributed by atoms with E-state index in [1.54, 1.807) is 38.1 Å². The Labute approximate surface area is 190 Å². The van der Waals surface area contributed by atoms with Gasteiger partial charge in [0.05, 0.1) is 19.1 Å². The van der Waals surface area contributed by atoms with Crippen LogP contribution in [0.25, 0.3) is 0 Å². The summed E-state index contributed by atoms with van der Waals surface area (Å²) in [5.41, 5.74) is 2.16. The van der Waals surface area contributed by atoms with Crippen LogP contribution in [-0.4, -0.2) is 57.6 Å². The van der Waals surface area contributed by atoms with Crippen molar-refractivity contribution in [1.29, 1.82) is 0 Å². The minimum absolute atomic E-state index is 0.180. The number of aryl methyl sites for hydroxylation is 1. The Balaban J connectivity index is 2.41. The van der Waals surface area contributed by atoms with Gasteiger partial charge in [0, 0.05) is 19.2 Å². The molecule has 0 heterocycles. The summed E-state index contributed by atoms with van der Waals surface area (Å²) in [6.07, 6.45) is 1.04. The van der Waals surface area contributed by atoms with Crippen LogP contribution in [0, 0.1) is 6.92 Å². The average molecular weight is 462 g/mol. The summed E-state index contributed by atoms with van der Waals surface area (Å²) in [6, 6.07) is 13.3. The zero-order valence-corrected chi connectivity index (χ0v) is 20.0. The van der Waals surface area contributed by atoms with E-state index in [9.17, 15) is 18.0 Å². The molecular weight excluding hydrogens is 430 g/mol. The first kappa shape index (κ1) is 25.2. The molecule has 0 saturated heterocycles. The summed E-state index contributed by atoms with van der Waals surface area (Å²) in [4.78, 5) is 27.4. The van der Waals surface area contributed by atoms with E-state index >= 15 is 0 Å². The summed E-state index contributed by atoms with van der Waals surface area (Å²) >= 11 is 0. The SMILES string of the molecule is CCNC(=O)[C@H](C)N(Cc1ccccc1C)C(=O)CN(c1cccc(OC)c1)S(C)(=O)=O. The van der Waals surface area contributed by atoms with Gasteiger partial charge in [-0.25, -0.2) is 8.42 Å². The Morgan fingerprint density at radius 1 is 1.12 bits per heavy atom. The number of methoxy groups -OCH3 is 1. The normalized spacial score (nSPS) is 12.0. The summed E-state index contributed by atoms with van der Waals surface area (Å²) in [6.45, 7) is 5.52. The van der Waals surface area contributed by atoms with Crippen molar-refractivity contribution in [2.75, 3.05) is 30.8 Å². The van der Waals surface area contributed by atoms with Crippen LogP contribution in [0.5, 0.6) is 5.75 Å². The molecule has 32 heavy (non-hydrogen) atoms. The monoisotopic (exact) mass is 461 g/mol. The van der Waals surface area contributed by atoms with E-state index in [4.69, 9.17) is 4.74 Å². The van der Waals surface area contributed by atoms with Crippen LogP contribution in [0.3, 0.4) is 0 Å². The lowest BCUT2D eigenvalue weighted by molar-refractivity contribution is -0.139. The Bertz CT molecular complexity index is 1060. The quantitative estimate of drug-likeness (QED) is 0.586. The Kier molecular flexibility index (Phi) is 8.65. The molecule has 8 nitrogen and oxygen atoms in total. The molecule has 2 amide bonds. The summed E-state index contributed by atoms with van der Waals surface area (Å²) in [5, 5.41) is 2.73. The number of carbonyl (C=O) groups is 2. The lowest BCUT2D eigenvalue weighted by Gasteiger charge is -2.31. The van der Waals surface area contributed by atoms with Gasteiger partial charge in [0.1, 0.15) is 18.3 Å². The first-order chi connectivity index (χ1) is 15.1. The largest absolute Gasteiger partial charge is 0.497 e. The van der Waals surface area contributed by atoms with Crippen LogP contribution in [0.1, 0.15) is 25.0 Å². The summed E-state index contributed by atoms with van der Waals surface area (Å²) in [7, 11) is -2.30. The highest BCUT2D eigenvalue weighted by atomic mass is 32.2. The highest BCUT2D eigenvalue weighted by molar-refractivity contribution is 7.92. The van der Waals surface area contributed by atoms with Crippen molar-refractivity contribution in [1.82, 2.24) is 10.2 Å². The molecule has 0 aliphatic heterocycles. The van der Waals surface area contributed by atoms with Crippen LogP contribution >= 0.6 is 0 Å². The van der Waals surface area contributed by atoms with Crippen molar-refractivity contribution in [3.05, 3.63) is 59.7 Å². The Hall–Kier alpha value is -3.07. The maximum absolute atomic E-state index is 13.4. The molecular formula is C23H31N3O5S. The number of anilines is 1. The number of hydrogen-bond acceptors (Lipinski definition) is 5. The molecule has 0 spiro atoms. The molecule has 0 aliphatic rings. The second kappa shape index (κ2) is 11.0. The first-order valence-electron chi connectivity index (χ1n) is 10.3. The fourth-order valence-corrected chi connectivity index (χ4v) is 4.10. The number of amides is 2. The molecule has 0 fully saturated rings. The van der Waals surface area contributed by atoms with Gasteiger partial charge in [-0.15, -0.1) is 0 Å². The molecule has 0 unspecified atom stereocenters. The highest BCUT2D eigenvalue weighted by Gasteiger charge is 2.30. The fraction of sp³-hybridized carbons (Fsp3) is 0.391. The Morgan fingerprint density at radius 2 is 1.81 bits per heavy atom. The number of ether oxygens (including phenoxy) is 1. The number of benzene rings is 2. The third-order valence-corrected chi connectivity index (χ3v) is 6.28. The predicted octanol–water partition coefficient (Wildman–Crippen LogP) is 2.32. The molecule has 0 bridgehead atoms. The van der Waals surface area contributed by atoms with Crippen LogP contribution in [0.4, 0.5) is 5.69 Å². The number of nitrogens with one attached hydrogen (secondary N) is 1. The maximum Gasteiger partial charge on any atom is 0.244 e. The fourth-order valence-electron chi connectivity index (χ4n) is 3.25. The molecule has 2 aromatic carbocycles. The zero-order chi connectivity index (χ0) is 23.9. The van der Waals surface area contributed by atoms with Gasteiger partial charge in [-0.2, -0.15) is 0 Å². The topological polar surface area (TPSA) is 96.0 Å². The van der Waals surface area contributed by atoms with Gasteiger partial charge in [0.15, 0.2) is 0 Å². The van der Waals surface area contributed by atoms with Gasteiger partial charge in [-0.1, -0.05) is 30.3 Å². The van der Waals surface area contributed by atoms with Crippen molar-refractivity contribution in [2.45, 2.75) is 33.4 Å². The second-order valence-corrected chi connectivity index (χ2v) is 9.40. The maximum atomic E-state index is 13.4. The number of rotatable bonds is 10. The summed E-state index contributed by atoms with van der Waals surface area (Å²) in [5.74, 6) is -0.321. The number of nitrogens with zero attached hydrogens (tertiary/aromatic N) is 2. The van der Waals surface area contributed by atoms with Crippen molar-refractivity contribution in [3.63, 3.8) is 0 Å². The van der Waals surface area contributed by atoms with Gasteiger partial charge >= 0.3 is 0 Å². The van der Waals surface area contributed by atoms with Crippen molar-refractivity contribution < 1.29 is 22.7 Å². The minimum atomic E-state index is -3.78. The average Bonchev–Trinajstić information content (AvgIpc) is 2.75. The van der Waals surface area contributed by atoms with Gasteiger partial charge in [-0.3, -0.25) is 13.9 Å². The third-order valence-electron chi connectivity index (χ3n) is 5.14. The van der Waals surface area contributed by atoms with E-state index in [0.717, 1.165) is 21.7 Å². The van der Waals surface area contributed by atoms with Crippen molar-refractivity contribution in [2.24, 2.45) is 0 Å². The number of likely N-dealkylation sites (N-methyl/N-ethyl adjacent to an activating group) is 1. The van der Waals surface area contributed by atoms with Crippen molar-refractivity contribution >= 4 is 27.5 Å². The summed E-state index contributed by atoms with van der Waals surface area (Å²) < 4.78 is 31.3. The van der Waals surface area contributed by atoms with Crippen LogP contribution < -0.4 is 14.4 Å². The number of hydrogen-bond donors (Lipinski definition) is 1. The van der Waals surface area contributed by atoms with Crippen LogP contribution in [0.2, 0.25) is 0 Å². The molecule has 2 aromatic rings. The van der Waals surface area contributed by atoms with Crippen molar-refractivity contribution in [3.8, 4) is 5.75 Å². The van der Waals surface area contributed by atoms with Gasteiger partial charge < -0.3 is 15.0 Å². The van der Waals surface area contributed by atoms with E-state index < -0.39 is 28.5 Å². The molecule has 174 valence electrons. The second-order valence-electron chi connectivity index (χ2n) is 7.49. The molecule has 0 aromatic heterocycles. The predicted molar refractivity (Wildman–Crippen MR) is 125 cm³/mol. The standard InChI is InChI=1S/C23H31N3O5S/c1-6-24-23(28)18(3)25(15-19-11-8-7-10-17(19)2)22(27)16-26(32(5,29)30)20-12-9-13-21(14-20)31-4/h7-14,18H,6,15-16H2,1-5H3,(H,24,28)/t18-/m0/s1. The van der Waals surface area contributed by atoms with E-state index in [1.807, 2.05) is 31.2 Å². The third kappa shape index (κ3) is 6.46. The lowest BCUT2D eigenvalue weighted by atomic mass is 10.1. The van der Waals surface area contributed by atoms with Gasteiger partial charge in [-0.05, 0) is 44.0 Å². The van der Waals surface area contributed by atoms with Crippen LogP contribution in [0.15, 0.2) is 48.5 Å². The van der Waals surface area contributed by atoms with E-state index in [0.29, 0.717) is 18.0 Å². The molecule has 1 N–H and O–H groups in total. The molecule has 0 saturated carbocycles. The van der Waals surface area contributed by atoms with E-state index in [2.05, 4.69) is 5.32 Å². The van der Waals surface area contributed by atoms with E-state index in [-0.39, 0.29) is 12.5 Å². The molecule has 2 rings (SSSR count). The smallest absolute Gasteiger partial charge is 0.244 e. The molecule has 0 aliphatic carbocycles. The number of carbonyl (C=O) groups excluding carboxylic acids is 2. The zero-order valence-electron chi connectivity index (χ0n) is 19.2. The minimum Gasteiger partial charge on any atom is -0.497 e. The molecule has 9 heteroatoms. The molecule has 1 atom stereocenters. The van der Waals surface area contributed by atoms with Gasteiger partial charge in [0.2, 0.25) is 21.8 Å².